The topological polar surface area (TPSA) is 64.1 Å². The van der Waals surface area contributed by atoms with Gasteiger partial charge in [0.25, 0.3) is 0 Å². The zero-order valence-corrected chi connectivity index (χ0v) is 11.3. The highest BCUT2D eigenvalue weighted by molar-refractivity contribution is 5.70. The Morgan fingerprint density at radius 1 is 1.22 bits per heavy atom. The second kappa shape index (κ2) is 5.48. The van der Waals surface area contributed by atoms with Crippen molar-refractivity contribution in [1.29, 1.82) is 0 Å². The molecule has 0 unspecified atom stereocenters. The molecule has 0 atom stereocenters. The summed E-state index contributed by atoms with van der Waals surface area (Å²) in [5.74, 6) is 0. The molecule has 18 heavy (non-hydrogen) atoms. The predicted molar refractivity (Wildman–Crippen MR) is 78.4 cm³/mol. The third kappa shape index (κ3) is 3.29. The molecular formula is C14H25N4+. The molecule has 0 radical (unpaired) electrons. The summed E-state index contributed by atoms with van der Waals surface area (Å²) in [5, 5.41) is 3.38. The minimum Gasteiger partial charge on any atom is -0.399 e. The van der Waals surface area contributed by atoms with Gasteiger partial charge >= 0.3 is 0 Å². The molecule has 2 rings (SSSR count). The number of rotatable bonds is 5. The lowest BCUT2D eigenvalue weighted by atomic mass is 10.2. The van der Waals surface area contributed by atoms with Gasteiger partial charge in [0.1, 0.15) is 0 Å². The van der Waals surface area contributed by atoms with E-state index in [1.54, 1.807) is 0 Å². The Morgan fingerprint density at radius 3 is 2.67 bits per heavy atom. The van der Waals surface area contributed by atoms with Crippen LogP contribution in [0.1, 0.15) is 19.3 Å². The van der Waals surface area contributed by atoms with Crippen LogP contribution in [0.25, 0.3) is 0 Å². The summed E-state index contributed by atoms with van der Waals surface area (Å²) >= 11 is 0. The number of benzene rings is 1. The quantitative estimate of drug-likeness (QED) is 0.424. The van der Waals surface area contributed by atoms with E-state index >= 15 is 0 Å². The van der Waals surface area contributed by atoms with Crippen molar-refractivity contribution in [2.45, 2.75) is 19.3 Å². The molecule has 5 N–H and O–H groups in total. The first-order valence-electron chi connectivity index (χ1n) is 6.81. The van der Waals surface area contributed by atoms with Crippen molar-refractivity contribution in [2.75, 3.05) is 50.0 Å². The Labute approximate surface area is 110 Å². The highest BCUT2D eigenvalue weighted by atomic mass is 15.3. The number of nitrogens with one attached hydrogen (secondary N) is 1. The van der Waals surface area contributed by atoms with E-state index in [1.807, 2.05) is 18.2 Å². The molecule has 1 aliphatic heterocycles. The highest BCUT2D eigenvalue weighted by Gasteiger charge is 2.25. The molecule has 0 saturated carbocycles. The minimum absolute atomic E-state index is 0.755. The molecule has 1 saturated heterocycles. The van der Waals surface area contributed by atoms with Crippen LogP contribution in [0.5, 0.6) is 0 Å². The zero-order chi connectivity index (χ0) is 13.0. The van der Waals surface area contributed by atoms with Crippen LogP contribution < -0.4 is 16.8 Å². The zero-order valence-electron chi connectivity index (χ0n) is 11.3. The number of nitrogens with two attached hydrogens (primary N) is 2. The van der Waals surface area contributed by atoms with E-state index in [1.165, 1.54) is 43.4 Å². The van der Waals surface area contributed by atoms with Gasteiger partial charge in [-0.15, -0.1) is 0 Å². The van der Waals surface area contributed by atoms with E-state index in [-0.39, 0.29) is 0 Å². The summed E-state index contributed by atoms with van der Waals surface area (Å²) in [6.07, 6.45) is 3.93. The first-order valence-corrected chi connectivity index (χ1v) is 6.81. The second-order valence-electron chi connectivity index (χ2n) is 5.62. The summed E-state index contributed by atoms with van der Waals surface area (Å²) in [6, 6.07) is 5.59. The predicted octanol–water partition coefficient (Wildman–Crippen LogP) is 1.89. The Morgan fingerprint density at radius 2 is 1.94 bits per heavy atom. The standard InChI is InChI=1S/C14H25N4/c1-18(8-2-3-9-18)10-4-7-17-14-11-12(15)5-6-13(14)16/h5-6,11,17H,2-4,7-10,15-16H2,1H3/q+1. The van der Waals surface area contributed by atoms with Gasteiger partial charge in [-0.2, -0.15) is 0 Å². The van der Waals surface area contributed by atoms with E-state index in [0.29, 0.717) is 0 Å². The summed E-state index contributed by atoms with van der Waals surface area (Å²) in [6.45, 7) is 4.87. The molecule has 4 nitrogen and oxygen atoms in total. The van der Waals surface area contributed by atoms with Gasteiger partial charge in [0.05, 0.1) is 38.1 Å². The van der Waals surface area contributed by atoms with Gasteiger partial charge in [-0.25, -0.2) is 0 Å². The van der Waals surface area contributed by atoms with E-state index in [2.05, 4.69) is 12.4 Å². The smallest absolute Gasteiger partial charge is 0.0801 e. The lowest BCUT2D eigenvalue weighted by molar-refractivity contribution is -0.897. The molecule has 0 spiro atoms. The normalized spacial score (nSPS) is 17.8. The number of hydrogen-bond acceptors (Lipinski definition) is 3. The van der Waals surface area contributed by atoms with Gasteiger partial charge in [0, 0.05) is 31.5 Å². The van der Waals surface area contributed by atoms with Crippen LogP contribution >= 0.6 is 0 Å². The Hall–Kier alpha value is -1.42. The lowest BCUT2D eigenvalue weighted by Gasteiger charge is -2.29. The molecule has 1 fully saturated rings. The maximum atomic E-state index is 5.90. The largest absolute Gasteiger partial charge is 0.399 e. The molecule has 0 amide bonds. The summed E-state index contributed by atoms with van der Waals surface area (Å²) < 4.78 is 1.23. The minimum atomic E-state index is 0.755. The number of anilines is 3. The summed E-state index contributed by atoms with van der Waals surface area (Å²) in [5.41, 5.74) is 14.1. The maximum absolute atomic E-state index is 5.90. The van der Waals surface area contributed by atoms with Crippen molar-refractivity contribution in [3.63, 3.8) is 0 Å². The summed E-state index contributed by atoms with van der Waals surface area (Å²) in [4.78, 5) is 0. The van der Waals surface area contributed by atoms with Crippen LogP contribution in [-0.2, 0) is 0 Å². The number of nitrogens with zero attached hydrogens (tertiary/aromatic N) is 1. The molecule has 1 aromatic carbocycles. The van der Waals surface area contributed by atoms with Gasteiger partial charge in [-0.3, -0.25) is 0 Å². The van der Waals surface area contributed by atoms with Gasteiger partial charge in [0.15, 0.2) is 0 Å². The van der Waals surface area contributed by atoms with Gasteiger partial charge in [0.2, 0.25) is 0 Å². The Kier molecular flexibility index (Phi) is 3.97. The van der Waals surface area contributed by atoms with Crippen molar-refractivity contribution >= 4 is 17.1 Å². The average molecular weight is 249 g/mol. The highest BCUT2D eigenvalue weighted by Crippen LogP contribution is 2.21. The third-order valence-corrected chi connectivity index (χ3v) is 3.91. The number of quaternary nitrogens is 1. The van der Waals surface area contributed by atoms with Crippen LogP contribution in [0.2, 0.25) is 0 Å². The van der Waals surface area contributed by atoms with Crippen molar-refractivity contribution in [3.8, 4) is 0 Å². The first kappa shape index (κ1) is 13.0. The fourth-order valence-electron chi connectivity index (χ4n) is 2.73. The van der Waals surface area contributed by atoms with Crippen molar-refractivity contribution in [3.05, 3.63) is 18.2 Å². The van der Waals surface area contributed by atoms with E-state index in [0.717, 1.165) is 23.6 Å². The fraction of sp³-hybridized carbons (Fsp3) is 0.571. The number of nitrogen functional groups attached to an aromatic ring is 2. The van der Waals surface area contributed by atoms with Crippen LogP contribution in [0, 0.1) is 0 Å². The van der Waals surface area contributed by atoms with Crippen molar-refractivity contribution in [1.82, 2.24) is 0 Å². The molecule has 1 aliphatic rings. The number of likely N-dealkylation sites (tertiary alicyclic amines) is 1. The average Bonchev–Trinajstić information content (AvgIpc) is 2.76. The molecule has 0 bridgehead atoms. The fourth-order valence-corrected chi connectivity index (χ4v) is 2.73. The molecule has 0 aromatic heterocycles. The van der Waals surface area contributed by atoms with Crippen LogP contribution in [0.4, 0.5) is 17.1 Å². The molecule has 4 heteroatoms. The maximum Gasteiger partial charge on any atom is 0.0801 e. The SMILES string of the molecule is C[N+]1(CCCNc2cc(N)ccc2N)CCCC1. The second-order valence-corrected chi connectivity index (χ2v) is 5.62. The third-order valence-electron chi connectivity index (χ3n) is 3.91. The molecule has 0 aliphatic carbocycles. The van der Waals surface area contributed by atoms with Crippen LogP contribution in [0.15, 0.2) is 18.2 Å². The van der Waals surface area contributed by atoms with Crippen LogP contribution in [0.3, 0.4) is 0 Å². The molecule has 100 valence electrons. The Bertz CT molecular complexity index is 397. The molecule has 1 aromatic rings. The van der Waals surface area contributed by atoms with Gasteiger partial charge in [-0.1, -0.05) is 0 Å². The molecule has 1 heterocycles. The van der Waals surface area contributed by atoms with Crippen molar-refractivity contribution in [2.24, 2.45) is 0 Å². The Balaban J connectivity index is 1.76. The summed E-state index contributed by atoms with van der Waals surface area (Å²) in [7, 11) is 2.36. The number of hydrogen-bond donors (Lipinski definition) is 3. The van der Waals surface area contributed by atoms with Gasteiger partial charge in [-0.05, 0) is 18.2 Å². The van der Waals surface area contributed by atoms with Crippen molar-refractivity contribution < 1.29 is 4.48 Å². The van der Waals surface area contributed by atoms with E-state index < -0.39 is 0 Å². The van der Waals surface area contributed by atoms with Crippen LogP contribution in [-0.4, -0.2) is 37.7 Å². The monoisotopic (exact) mass is 249 g/mol. The molecular weight excluding hydrogens is 224 g/mol. The first-order chi connectivity index (χ1) is 8.59. The lowest BCUT2D eigenvalue weighted by Crippen LogP contribution is -2.42. The van der Waals surface area contributed by atoms with E-state index in [9.17, 15) is 0 Å². The van der Waals surface area contributed by atoms with E-state index in [4.69, 9.17) is 11.5 Å². The van der Waals surface area contributed by atoms with Gasteiger partial charge < -0.3 is 21.3 Å².